The van der Waals surface area contributed by atoms with Crippen LogP contribution in [-0.4, -0.2) is 25.7 Å². The van der Waals surface area contributed by atoms with Gasteiger partial charge in [-0.15, -0.1) is 0 Å². The zero-order valence-corrected chi connectivity index (χ0v) is 11.8. The minimum absolute atomic E-state index is 0.0589. The summed E-state index contributed by atoms with van der Waals surface area (Å²) in [5.41, 5.74) is -2.50. The first-order valence-electron chi connectivity index (χ1n) is 5.93. The molecule has 0 amide bonds. The van der Waals surface area contributed by atoms with Gasteiger partial charge in [0.1, 0.15) is 11.7 Å². The van der Waals surface area contributed by atoms with Crippen molar-refractivity contribution >= 4 is 15.8 Å². The van der Waals surface area contributed by atoms with Crippen molar-refractivity contribution in [2.24, 2.45) is 5.92 Å². The van der Waals surface area contributed by atoms with Gasteiger partial charge in [-0.25, -0.2) is 17.2 Å². The molecule has 0 saturated heterocycles. The number of hydrogen-bond donors (Lipinski definition) is 1. The van der Waals surface area contributed by atoms with E-state index in [9.17, 15) is 22.7 Å². The van der Waals surface area contributed by atoms with Crippen molar-refractivity contribution in [2.75, 3.05) is 6.26 Å². The Kier molecular flexibility index (Phi) is 3.71. The van der Waals surface area contributed by atoms with Crippen molar-refractivity contribution in [3.05, 3.63) is 58.8 Å². The van der Waals surface area contributed by atoms with Gasteiger partial charge in [0.2, 0.25) is 0 Å². The first kappa shape index (κ1) is 15.4. The van der Waals surface area contributed by atoms with Crippen LogP contribution in [0.4, 0.5) is 8.78 Å². The number of allylic oxidation sites excluding steroid dienone is 2. The molecule has 0 aromatic heterocycles. The predicted octanol–water partition coefficient (Wildman–Crippen LogP) is 2.19. The molecule has 0 spiro atoms. The van der Waals surface area contributed by atoms with Crippen LogP contribution in [0.2, 0.25) is 0 Å². The summed E-state index contributed by atoms with van der Waals surface area (Å²) >= 11 is 0. The number of carboxylic acid groups (broad SMARTS) is 1. The Bertz CT molecular complexity index is 735. The zero-order valence-electron chi connectivity index (χ0n) is 11.0. The number of benzene rings is 1. The second kappa shape index (κ2) is 5.07. The summed E-state index contributed by atoms with van der Waals surface area (Å²) in [5, 5.41) is 9.19. The lowest BCUT2D eigenvalue weighted by Gasteiger charge is -2.30. The third kappa shape index (κ3) is 2.87. The average Bonchev–Trinajstić information content (AvgIpc) is 2.38. The van der Waals surface area contributed by atoms with E-state index in [-0.39, 0.29) is 10.5 Å². The molecule has 0 aliphatic heterocycles. The summed E-state index contributed by atoms with van der Waals surface area (Å²) in [6, 6.07) is 4.29. The summed E-state index contributed by atoms with van der Waals surface area (Å²) < 4.78 is 50.9. The molecule has 0 heterocycles. The molecule has 112 valence electrons. The predicted molar refractivity (Wildman–Crippen MR) is 72.4 cm³/mol. The fourth-order valence-corrected chi connectivity index (χ4v) is 2.83. The van der Waals surface area contributed by atoms with Crippen molar-refractivity contribution in [1.82, 2.24) is 0 Å². The largest absolute Gasteiger partial charge is 0.481 e. The standard InChI is InChI=1S/C14H12F2O4S/c1-21(19,20)11-6-7-14(16,12(8-11)13(17)18)9-2-4-10(15)5-3-9/h2-8,12H,1H3,(H,17,18). The van der Waals surface area contributed by atoms with Gasteiger partial charge in [0.15, 0.2) is 15.5 Å². The number of carboxylic acids is 1. The van der Waals surface area contributed by atoms with Crippen LogP contribution in [0.3, 0.4) is 0 Å². The number of aliphatic carboxylic acids is 1. The zero-order chi connectivity index (χ0) is 15.8. The molecular formula is C14H12F2O4S. The first-order chi connectivity index (χ1) is 9.64. The maximum atomic E-state index is 15.1. The summed E-state index contributed by atoms with van der Waals surface area (Å²) in [7, 11) is -3.65. The summed E-state index contributed by atoms with van der Waals surface area (Å²) in [4.78, 5) is 11.0. The number of alkyl halides is 1. The minimum atomic E-state index is -3.65. The Morgan fingerprint density at radius 1 is 1.29 bits per heavy atom. The van der Waals surface area contributed by atoms with Gasteiger partial charge < -0.3 is 5.11 Å². The van der Waals surface area contributed by atoms with Crippen molar-refractivity contribution in [3.63, 3.8) is 0 Å². The van der Waals surface area contributed by atoms with E-state index in [2.05, 4.69) is 0 Å². The SMILES string of the molecule is CS(=O)(=O)C1=CC(C(=O)O)C(F)(c2ccc(F)cc2)C=C1. The topological polar surface area (TPSA) is 71.4 Å². The highest BCUT2D eigenvalue weighted by molar-refractivity contribution is 7.94. The van der Waals surface area contributed by atoms with E-state index in [1.165, 1.54) is 0 Å². The van der Waals surface area contributed by atoms with Gasteiger partial charge in [0, 0.05) is 6.26 Å². The third-order valence-electron chi connectivity index (χ3n) is 3.25. The summed E-state index contributed by atoms with van der Waals surface area (Å²) in [6.45, 7) is 0. The molecule has 0 radical (unpaired) electrons. The fourth-order valence-electron chi connectivity index (χ4n) is 2.13. The van der Waals surface area contributed by atoms with Crippen molar-refractivity contribution in [1.29, 1.82) is 0 Å². The molecule has 0 fully saturated rings. The van der Waals surface area contributed by atoms with E-state index in [0.29, 0.717) is 0 Å². The van der Waals surface area contributed by atoms with E-state index >= 15 is 4.39 Å². The highest BCUT2D eigenvalue weighted by Crippen LogP contribution is 2.41. The van der Waals surface area contributed by atoms with E-state index < -0.39 is 33.2 Å². The molecule has 1 aromatic rings. The van der Waals surface area contributed by atoms with Gasteiger partial charge in [0.05, 0.1) is 4.91 Å². The van der Waals surface area contributed by atoms with Crippen LogP contribution < -0.4 is 0 Å². The molecule has 4 nitrogen and oxygen atoms in total. The van der Waals surface area contributed by atoms with Gasteiger partial charge in [-0.1, -0.05) is 12.1 Å². The van der Waals surface area contributed by atoms with Gasteiger partial charge in [-0.3, -0.25) is 4.79 Å². The Balaban J connectivity index is 2.55. The highest BCUT2D eigenvalue weighted by Gasteiger charge is 2.44. The number of hydrogen-bond acceptors (Lipinski definition) is 3. The monoisotopic (exact) mass is 314 g/mol. The average molecular weight is 314 g/mol. The van der Waals surface area contributed by atoms with Crippen LogP contribution in [0.1, 0.15) is 5.56 Å². The van der Waals surface area contributed by atoms with E-state index in [1.807, 2.05) is 0 Å². The van der Waals surface area contributed by atoms with Crippen LogP contribution in [-0.2, 0) is 20.3 Å². The summed E-state index contributed by atoms with van der Waals surface area (Å²) in [6.07, 6.45) is 3.68. The second-order valence-electron chi connectivity index (χ2n) is 4.77. The molecule has 0 saturated carbocycles. The molecular weight excluding hydrogens is 302 g/mol. The number of halogens is 2. The third-order valence-corrected chi connectivity index (χ3v) is 4.38. The van der Waals surface area contributed by atoms with Crippen LogP contribution in [0, 0.1) is 11.7 Å². The lowest BCUT2D eigenvalue weighted by molar-refractivity contribution is -0.144. The van der Waals surface area contributed by atoms with E-state index in [1.54, 1.807) is 0 Å². The molecule has 21 heavy (non-hydrogen) atoms. The van der Waals surface area contributed by atoms with Crippen molar-refractivity contribution < 1.29 is 27.1 Å². The molecule has 1 N–H and O–H groups in total. The highest BCUT2D eigenvalue weighted by atomic mass is 32.2. The molecule has 7 heteroatoms. The normalized spacial score (nSPS) is 25.5. The lowest BCUT2D eigenvalue weighted by atomic mass is 9.80. The molecule has 2 atom stereocenters. The van der Waals surface area contributed by atoms with Crippen molar-refractivity contribution in [2.45, 2.75) is 5.67 Å². The maximum absolute atomic E-state index is 15.1. The lowest BCUT2D eigenvalue weighted by Crippen LogP contribution is -2.35. The van der Waals surface area contributed by atoms with Crippen molar-refractivity contribution in [3.8, 4) is 0 Å². The first-order valence-corrected chi connectivity index (χ1v) is 7.82. The minimum Gasteiger partial charge on any atom is -0.481 e. The van der Waals surface area contributed by atoms with Gasteiger partial charge >= 0.3 is 5.97 Å². The number of carbonyl (C=O) groups is 1. The molecule has 2 rings (SSSR count). The number of sulfone groups is 1. The molecule has 1 aliphatic rings. The van der Waals surface area contributed by atoms with Gasteiger partial charge in [0.25, 0.3) is 0 Å². The fraction of sp³-hybridized carbons (Fsp3) is 0.214. The Morgan fingerprint density at radius 2 is 1.86 bits per heavy atom. The van der Waals surface area contributed by atoms with Gasteiger partial charge in [-0.2, -0.15) is 0 Å². The van der Waals surface area contributed by atoms with Crippen LogP contribution in [0.15, 0.2) is 47.4 Å². The smallest absolute Gasteiger partial charge is 0.314 e. The van der Waals surface area contributed by atoms with E-state index in [4.69, 9.17) is 0 Å². The van der Waals surface area contributed by atoms with Gasteiger partial charge in [-0.05, 0) is 35.9 Å². The Morgan fingerprint density at radius 3 is 2.33 bits per heavy atom. The Labute approximate surface area is 120 Å². The maximum Gasteiger partial charge on any atom is 0.314 e. The second-order valence-corrected chi connectivity index (χ2v) is 6.78. The molecule has 0 bridgehead atoms. The molecule has 2 unspecified atom stereocenters. The number of rotatable bonds is 3. The summed E-state index contributed by atoms with van der Waals surface area (Å²) in [5.74, 6) is -3.80. The Hall–Kier alpha value is -2.02. The molecule has 1 aliphatic carbocycles. The van der Waals surface area contributed by atoms with Crippen LogP contribution in [0.25, 0.3) is 0 Å². The molecule has 1 aromatic carbocycles. The quantitative estimate of drug-likeness (QED) is 0.928. The van der Waals surface area contributed by atoms with Crippen LogP contribution >= 0.6 is 0 Å². The van der Waals surface area contributed by atoms with E-state index in [0.717, 1.165) is 48.7 Å². The van der Waals surface area contributed by atoms with Crippen LogP contribution in [0.5, 0.6) is 0 Å².